The van der Waals surface area contributed by atoms with E-state index in [4.69, 9.17) is 16.3 Å². The number of carbonyl (C=O) groups is 1. The molecule has 0 heterocycles. The first-order valence-corrected chi connectivity index (χ1v) is 5.84. The zero-order valence-electron chi connectivity index (χ0n) is 10.1. The van der Waals surface area contributed by atoms with Crippen LogP contribution in [0.5, 0.6) is 0 Å². The fourth-order valence-electron chi connectivity index (χ4n) is 1.25. The summed E-state index contributed by atoms with van der Waals surface area (Å²) in [4.78, 5) is 11.6. The third-order valence-electron chi connectivity index (χ3n) is 2.05. The molecule has 1 aromatic carbocycles. The average Bonchev–Trinajstić information content (AvgIpc) is 2.31. The summed E-state index contributed by atoms with van der Waals surface area (Å²) in [5.74, 6) is -1.10. The van der Waals surface area contributed by atoms with Gasteiger partial charge in [0.05, 0.1) is 18.8 Å². The minimum Gasteiger partial charge on any atom is -0.375 e. The summed E-state index contributed by atoms with van der Waals surface area (Å²) in [7, 11) is 0. The Morgan fingerprint density at radius 3 is 2.94 bits per heavy atom. The van der Waals surface area contributed by atoms with Crippen molar-refractivity contribution in [3.63, 3.8) is 0 Å². The van der Waals surface area contributed by atoms with Gasteiger partial charge in [-0.3, -0.25) is 4.79 Å². The van der Waals surface area contributed by atoms with Crippen molar-refractivity contribution in [3.05, 3.63) is 46.8 Å². The predicted molar refractivity (Wildman–Crippen MR) is 69.4 cm³/mol. The summed E-state index contributed by atoms with van der Waals surface area (Å²) >= 11 is 5.70. The van der Waals surface area contributed by atoms with Gasteiger partial charge in [0.2, 0.25) is 0 Å². The number of carbonyl (C=O) groups excluding carboxylic acids is 1. The first kappa shape index (κ1) is 14.7. The van der Waals surface area contributed by atoms with Crippen LogP contribution in [-0.2, 0) is 4.74 Å². The molecule has 1 amide bonds. The fraction of sp³-hybridized carbons (Fsp3) is 0.308. The summed E-state index contributed by atoms with van der Waals surface area (Å²) in [5, 5.41) is 2.87. The molecule has 1 aromatic rings. The van der Waals surface area contributed by atoms with Gasteiger partial charge in [-0.15, -0.1) is 0 Å². The van der Waals surface area contributed by atoms with Gasteiger partial charge in [-0.05, 0) is 25.1 Å². The number of rotatable bonds is 6. The minimum absolute atomic E-state index is 0.0672. The zero-order chi connectivity index (χ0) is 13.5. The Morgan fingerprint density at radius 2 is 2.28 bits per heavy atom. The molecular weight excluding hydrogens is 257 g/mol. The van der Waals surface area contributed by atoms with Gasteiger partial charge in [-0.1, -0.05) is 23.8 Å². The summed E-state index contributed by atoms with van der Waals surface area (Å²) in [5.41, 5.74) is 0.838. The highest BCUT2D eigenvalue weighted by Crippen LogP contribution is 2.14. The number of amides is 1. The molecule has 1 rings (SSSR count). The lowest BCUT2D eigenvalue weighted by atomic mass is 10.2. The maximum Gasteiger partial charge on any atom is 0.254 e. The number of nitrogens with one attached hydrogen (secondary N) is 1. The molecule has 0 aromatic heterocycles. The molecule has 0 aliphatic rings. The van der Waals surface area contributed by atoms with Crippen LogP contribution in [0.3, 0.4) is 0 Å². The molecule has 1 N–H and O–H groups in total. The molecular formula is C13H15ClFNO2. The van der Waals surface area contributed by atoms with Gasteiger partial charge < -0.3 is 10.1 Å². The number of benzene rings is 1. The number of hydrogen-bond donors (Lipinski definition) is 1. The molecule has 5 heteroatoms. The molecule has 0 atom stereocenters. The van der Waals surface area contributed by atoms with E-state index < -0.39 is 11.7 Å². The predicted octanol–water partition coefficient (Wildman–Crippen LogP) is 2.80. The molecule has 0 spiro atoms. The van der Waals surface area contributed by atoms with E-state index in [-0.39, 0.29) is 5.56 Å². The Hall–Kier alpha value is -1.39. The zero-order valence-corrected chi connectivity index (χ0v) is 10.9. The van der Waals surface area contributed by atoms with Crippen molar-refractivity contribution in [2.75, 3.05) is 19.8 Å². The van der Waals surface area contributed by atoms with Crippen LogP contribution in [0.1, 0.15) is 17.3 Å². The van der Waals surface area contributed by atoms with Crippen molar-refractivity contribution >= 4 is 17.5 Å². The lowest BCUT2D eigenvalue weighted by Crippen LogP contribution is -2.28. The van der Waals surface area contributed by atoms with Gasteiger partial charge >= 0.3 is 0 Å². The summed E-state index contributed by atoms with van der Waals surface area (Å²) < 4.78 is 18.5. The Bertz CT molecular complexity index is 449. The van der Waals surface area contributed by atoms with Gasteiger partial charge in [0.15, 0.2) is 0 Å². The van der Waals surface area contributed by atoms with Crippen LogP contribution < -0.4 is 5.32 Å². The van der Waals surface area contributed by atoms with Crippen LogP contribution in [0.15, 0.2) is 30.4 Å². The monoisotopic (exact) mass is 271 g/mol. The molecule has 0 fully saturated rings. The Kier molecular flexibility index (Phi) is 5.82. The third kappa shape index (κ3) is 4.85. The van der Waals surface area contributed by atoms with E-state index in [9.17, 15) is 9.18 Å². The highest BCUT2D eigenvalue weighted by Gasteiger charge is 2.11. The largest absolute Gasteiger partial charge is 0.375 e. The van der Waals surface area contributed by atoms with Crippen molar-refractivity contribution < 1.29 is 13.9 Å². The van der Waals surface area contributed by atoms with Crippen molar-refractivity contribution in [1.29, 1.82) is 0 Å². The average molecular weight is 272 g/mol. The Morgan fingerprint density at radius 1 is 1.56 bits per heavy atom. The molecule has 0 saturated carbocycles. The van der Waals surface area contributed by atoms with E-state index in [1.807, 2.05) is 6.92 Å². The minimum atomic E-state index is -0.597. The van der Waals surface area contributed by atoms with Gasteiger partial charge in [0.25, 0.3) is 5.91 Å². The van der Waals surface area contributed by atoms with Crippen LogP contribution in [0.2, 0.25) is 5.02 Å². The van der Waals surface area contributed by atoms with E-state index in [1.54, 1.807) is 0 Å². The number of hydrogen-bond acceptors (Lipinski definition) is 2. The van der Waals surface area contributed by atoms with Crippen LogP contribution in [0.25, 0.3) is 0 Å². The first-order chi connectivity index (χ1) is 8.50. The molecule has 0 aliphatic heterocycles. The quantitative estimate of drug-likeness (QED) is 0.638. The fourth-order valence-corrected chi connectivity index (χ4v) is 1.42. The molecule has 98 valence electrons. The lowest BCUT2D eigenvalue weighted by Gasteiger charge is -2.07. The molecule has 3 nitrogen and oxygen atoms in total. The summed E-state index contributed by atoms with van der Waals surface area (Å²) in [6.45, 7) is 6.62. The van der Waals surface area contributed by atoms with Gasteiger partial charge in [0, 0.05) is 11.6 Å². The Balaban J connectivity index is 2.41. The normalized spacial score (nSPS) is 10.2. The summed E-state index contributed by atoms with van der Waals surface area (Å²) in [6, 6.07) is 3.85. The second-order valence-corrected chi connectivity index (χ2v) is 4.33. The molecule has 0 saturated heterocycles. The first-order valence-electron chi connectivity index (χ1n) is 5.46. The summed E-state index contributed by atoms with van der Waals surface area (Å²) in [6.07, 6.45) is 0. The van der Waals surface area contributed by atoms with Gasteiger partial charge in [-0.2, -0.15) is 0 Å². The van der Waals surface area contributed by atoms with Crippen molar-refractivity contribution in [2.45, 2.75) is 6.92 Å². The number of ether oxygens (including phenoxy) is 1. The van der Waals surface area contributed by atoms with E-state index in [0.717, 1.165) is 11.6 Å². The highest BCUT2D eigenvalue weighted by atomic mass is 35.5. The van der Waals surface area contributed by atoms with Crippen LogP contribution in [0, 0.1) is 5.82 Å². The van der Waals surface area contributed by atoms with E-state index in [2.05, 4.69) is 11.9 Å². The van der Waals surface area contributed by atoms with E-state index >= 15 is 0 Å². The second kappa shape index (κ2) is 7.13. The number of halogens is 2. The van der Waals surface area contributed by atoms with E-state index in [0.29, 0.717) is 24.8 Å². The molecule has 18 heavy (non-hydrogen) atoms. The van der Waals surface area contributed by atoms with Crippen molar-refractivity contribution in [2.24, 2.45) is 0 Å². The van der Waals surface area contributed by atoms with Crippen LogP contribution >= 0.6 is 11.6 Å². The molecule has 0 unspecified atom stereocenters. The van der Waals surface area contributed by atoms with E-state index in [1.165, 1.54) is 12.1 Å². The topological polar surface area (TPSA) is 38.3 Å². The maximum atomic E-state index is 13.3. The molecule has 0 bridgehead atoms. The van der Waals surface area contributed by atoms with Crippen LogP contribution in [0.4, 0.5) is 4.39 Å². The maximum absolute atomic E-state index is 13.3. The molecule has 0 radical (unpaired) electrons. The third-order valence-corrected chi connectivity index (χ3v) is 2.29. The van der Waals surface area contributed by atoms with Gasteiger partial charge in [-0.25, -0.2) is 4.39 Å². The van der Waals surface area contributed by atoms with Crippen molar-refractivity contribution in [3.8, 4) is 0 Å². The second-order valence-electron chi connectivity index (χ2n) is 3.89. The standard InChI is InChI=1S/C13H15ClFNO2/c1-9(2)8-18-6-5-16-13(17)11-7-10(14)3-4-12(11)15/h3-4,7H,1,5-6,8H2,2H3,(H,16,17). The van der Waals surface area contributed by atoms with Gasteiger partial charge in [0.1, 0.15) is 5.82 Å². The smallest absolute Gasteiger partial charge is 0.254 e. The highest BCUT2D eigenvalue weighted by molar-refractivity contribution is 6.30. The molecule has 0 aliphatic carbocycles. The van der Waals surface area contributed by atoms with Crippen LogP contribution in [-0.4, -0.2) is 25.7 Å². The lowest BCUT2D eigenvalue weighted by molar-refractivity contribution is 0.0923. The SMILES string of the molecule is C=C(C)COCCNC(=O)c1cc(Cl)ccc1F. The Labute approximate surface area is 111 Å². The van der Waals surface area contributed by atoms with Crippen molar-refractivity contribution in [1.82, 2.24) is 5.32 Å².